The van der Waals surface area contributed by atoms with E-state index < -0.39 is 0 Å². The first-order valence-electron chi connectivity index (χ1n) is 6.80. The third-order valence-electron chi connectivity index (χ3n) is 2.98. The number of thiophene rings is 2. The highest BCUT2D eigenvalue weighted by molar-refractivity contribution is 7.98. The van der Waals surface area contributed by atoms with Gasteiger partial charge in [0.1, 0.15) is 16.5 Å². The Morgan fingerprint density at radius 2 is 2.14 bits per heavy atom. The van der Waals surface area contributed by atoms with Gasteiger partial charge >= 0.3 is 0 Å². The molecule has 3 aromatic heterocycles. The SMILES string of the molecule is CC(C)CSCc1nc(N)c2c(-c3cccs3)csc2n1. The summed E-state index contributed by atoms with van der Waals surface area (Å²) in [5, 5.41) is 5.21. The molecule has 0 spiro atoms. The number of aromatic nitrogens is 2. The molecule has 0 saturated carbocycles. The fourth-order valence-electron chi connectivity index (χ4n) is 2.08. The summed E-state index contributed by atoms with van der Waals surface area (Å²) in [4.78, 5) is 11.4. The van der Waals surface area contributed by atoms with Crippen LogP contribution < -0.4 is 5.73 Å². The number of anilines is 1. The van der Waals surface area contributed by atoms with Crippen molar-refractivity contribution >= 4 is 50.5 Å². The van der Waals surface area contributed by atoms with Crippen molar-refractivity contribution in [3.05, 3.63) is 28.7 Å². The van der Waals surface area contributed by atoms with E-state index in [0.29, 0.717) is 11.7 Å². The second kappa shape index (κ2) is 6.34. The van der Waals surface area contributed by atoms with Crippen LogP contribution in [0.2, 0.25) is 0 Å². The number of fused-ring (bicyclic) bond motifs is 1. The largest absolute Gasteiger partial charge is 0.383 e. The van der Waals surface area contributed by atoms with Gasteiger partial charge in [0.25, 0.3) is 0 Å². The second-order valence-corrected chi connectivity index (χ2v) is 8.08. The second-order valence-electron chi connectivity index (χ2n) is 5.24. The van der Waals surface area contributed by atoms with Gasteiger partial charge in [0.2, 0.25) is 0 Å². The van der Waals surface area contributed by atoms with E-state index in [-0.39, 0.29) is 0 Å². The quantitative estimate of drug-likeness (QED) is 0.721. The monoisotopic (exact) mass is 335 g/mol. The van der Waals surface area contributed by atoms with Crippen LogP contribution in [0.25, 0.3) is 20.7 Å². The van der Waals surface area contributed by atoms with Crippen molar-refractivity contribution in [1.29, 1.82) is 0 Å². The number of thioether (sulfide) groups is 1. The van der Waals surface area contributed by atoms with Gasteiger partial charge in [0.05, 0.1) is 11.1 Å². The predicted molar refractivity (Wildman–Crippen MR) is 96.1 cm³/mol. The molecular weight excluding hydrogens is 318 g/mol. The number of nitrogens with two attached hydrogens (primary N) is 1. The maximum atomic E-state index is 6.19. The van der Waals surface area contributed by atoms with Gasteiger partial charge in [0.15, 0.2) is 0 Å². The van der Waals surface area contributed by atoms with E-state index >= 15 is 0 Å². The van der Waals surface area contributed by atoms with Crippen molar-refractivity contribution in [2.75, 3.05) is 11.5 Å². The highest BCUT2D eigenvalue weighted by Crippen LogP contribution is 2.38. The van der Waals surface area contributed by atoms with Crippen LogP contribution in [0.5, 0.6) is 0 Å². The van der Waals surface area contributed by atoms with Gasteiger partial charge in [-0.25, -0.2) is 9.97 Å². The maximum Gasteiger partial charge on any atom is 0.142 e. The summed E-state index contributed by atoms with van der Waals surface area (Å²) in [6.45, 7) is 4.44. The zero-order valence-corrected chi connectivity index (χ0v) is 14.4. The lowest BCUT2D eigenvalue weighted by Gasteiger charge is -2.05. The minimum atomic E-state index is 0.602. The maximum absolute atomic E-state index is 6.19. The van der Waals surface area contributed by atoms with E-state index in [4.69, 9.17) is 5.73 Å². The predicted octanol–water partition coefficient (Wildman–Crippen LogP) is 4.89. The molecule has 0 fully saturated rings. The van der Waals surface area contributed by atoms with Crippen molar-refractivity contribution in [3.8, 4) is 10.4 Å². The molecule has 0 aliphatic heterocycles. The van der Waals surface area contributed by atoms with E-state index in [1.165, 1.54) is 4.88 Å². The van der Waals surface area contributed by atoms with Crippen LogP contribution in [0.1, 0.15) is 19.7 Å². The smallest absolute Gasteiger partial charge is 0.142 e. The van der Waals surface area contributed by atoms with Crippen LogP contribution in [-0.2, 0) is 5.75 Å². The molecule has 0 radical (unpaired) electrons. The average Bonchev–Trinajstić information content (AvgIpc) is 3.06. The Bertz CT molecular complexity index is 732. The van der Waals surface area contributed by atoms with E-state index in [1.54, 1.807) is 22.7 Å². The fraction of sp³-hybridized carbons (Fsp3) is 0.333. The highest BCUT2D eigenvalue weighted by Gasteiger charge is 2.14. The molecular formula is C15H17N3S3. The van der Waals surface area contributed by atoms with Crippen molar-refractivity contribution in [2.24, 2.45) is 5.92 Å². The number of nitrogens with zero attached hydrogens (tertiary/aromatic N) is 2. The van der Waals surface area contributed by atoms with Gasteiger partial charge in [-0.3, -0.25) is 0 Å². The molecule has 3 heterocycles. The van der Waals surface area contributed by atoms with Crippen molar-refractivity contribution in [2.45, 2.75) is 19.6 Å². The molecule has 0 bridgehead atoms. The molecule has 110 valence electrons. The molecule has 21 heavy (non-hydrogen) atoms. The van der Waals surface area contributed by atoms with Crippen LogP contribution in [-0.4, -0.2) is 15.7 Å². The highest BCUT2D eigenvalue weighted by atomic mass is 32.2. The van der Waals surface area contributed by atoms with Crippen LogP contribution in [0.15, 0.2) is 22.9 Å². The molecule has 0 saturated heterocycles. The third kappa shape index (κ3) is 3.22. The van der Waals surface area contributed by atoms with Gasteiger partial charge < -0.3 is 5.73 Å². The number of rotatable bonds is 5. The van der Waals surface area contributed by atoms with Crippen molar-refractivity contribution in [3.63, 3.8) is 0 Å². The number of nitrogen functional groups attached to an aromatic ring is 1. The Labute approximate surface area is 136 Å². The summed E-state index contributed by atoms with van der Waals surface area (Å²) in [6.07, 6.45) is 0. The van der Waals surface area contributed by atoms with Crippen LogP contribution in [0.4, 0.5) is 5.82 Å². The van der Waals surface area contributed by atoms with Gasteiger partial charge in [-0.1, -0.05) is 19.9 Å². The molecule has 2 N–H and O–H groups in total. The molecule has 6 heteroatoms. The van der Waals surface area contributed by atoms with Gasteiger partial charge in [-0.15, -0.1) is 22.7 Å². The lowest BCUT2D eigenvalue weighted by atomic mass is 10.2. The molecule has 3 rings (SSSR count). The zero-order chi connectivity index (χ0) is 14.8. The molecule has 0 aliphatic carbocycles. The first-order valence-corrected chi connectivity index (χ1v) is 9.71. The Morgan fingerprint density at radius 1 is 1.29 bits per heavy atom. The molecule has 0 amide bonds. The lowest BCUT2D eigenvalue weighted by molar-refractivity contribution is 0.750. The molecule has 3 aromatic rings. The first kappa shape index (κ1) is 14.8. The Balaban J connectivity index is 1.91. The summed E-state index contributed by atoms with van der Waals surface area (Å²) < 4.78 is 0. The summed E-state index contributed by atoms with van der Waals surface area (Å²) in [5.74, 6) is 4.06. The third-order valence-corrected chi connectivity index (χ3v) is 6.12. The molecule has 3 nitrogen and oxygen atoms in total. The van der Waals surface area contributed by atoms with Gasteiger partial charge in [0, 0.05) is 15.8 Å². The lowest BCUT2D eigenvalue weighted by Crippen LogP contribution is -2.00. The van der Waals surface area contributed by atoms with E-state index in [0.717, 1.165) is 33.1 Å². The first-order chi connectivity index (χ1) is 10.1. The van der Waals surface area contributed by atoms with Gasteiger partial charge in [-0.05, 0) is 23.1 Å². The van der Waals surface area contributed by atoms with Crippen molar-refractivity contribution < 1.29 is 0 Å². The normalized spacial score (nSPS) is 11.6. The molecule has 0 aliphatic rings. The molecule has 0 unspecified atom stereocenters. The number of hydrogen-bond acceptors (Lipinski definition) is 6. The van der Waals surface area contributed by atoms with Crippen LogP contribution >= 0.6 is 34.4 Å². The van der Waals surface area contributed by atoms with E-state index in [9.17, 15) is 0 Å². The summed E-state index contributed by atoms with van der Waals surface area (Å²) in [6, 6.07) is 4.16. The van der Waals surface area contributed by atoms with Crippen LogP contribution in [0, 0.1) is 5.92 Å². The minimum absolute atomic E-state index is 0.602. The Hall–Kier alpha value is -1.11. The fourth-order valence-corrected chi connectivity index (χ4v) is 4.77. The average molecular weight is 336 g/mol. The van der Waals surface area contributed by atoms with E-state index in [1.807, 2.05) is 11.8 Å². The Kier molecular flexibility index (Phi) is 4.47. The van der Waals surface area contributed by atoms with Gasteiger partial charge in [-0.2, -0.15) is 11.8 Å². The topological polar surface area (TPSA) is 51.8 Å². The van der Waals surface area contributed by atoms with Crippen molar-refractivity contribution in [1.82, 2.24) is 9.97 Å². The summed E-state index contributed by atoms with van der Waals surface area (Å²) in [5.41, 5.74) is 7.35. The molecule has 0 aromatic carbocycles. The minimum Gasteiger partial charge on any atom is -0.383 e. The standard InChI is InChI=1S/C15H17N3S3/c1-9(2)6-19-8-12-17-14(16)13-10(7-21-15(13)18-12)11-4-3-5-20-11/h3-5,7,9H,6,8H2,1-2H3,(H2,16,17,18). The van der Waals surface area contributed by atoms with Crippen LogP contribution in [0.3, 0.4) is 0 Å². The van der Waals surface area contributed by atoms with E-state index in [2.05, 4.69) is 46.7 Å². The summed E-state index contributed by atoms with van der Waals surface area (Å²) in [7, 11) is 0. The summed E-state index contributed by atoms with van der Waals surface area (Å²) >= 11 is 5.23. The molecule has 0 atom stereocenters. The number of hydrogen-bond donors (Lipinski definition) is 1. The zero-order valence-electron chi connectivity index (χ0n) is 12.0. The Morgan fingerprint density at radius 3 is 2.86 bits per heavy atom.